The van der Waals surface area contributed by atoms with Crippen LogP contribution >= 0.6 is 0 Å². The maximum atomic E-state index is 11.2. The maximum absolute atomic E-state index is 11.2. The second kappa shape index (κ2) is 5.79. The number of esters is 1. The van der Waals surface area contributed by atoms with Crippen LogP contribution in [0.3, 0.4) is 0 Å². The molecule has 0 bridgehead atoms. The average molecular weight is 235 g/mol. The topological polar surface area (TPSA) is 69.4 Å². The molecule has 0 heterocycles. The van der Waals surface area contributed by atoms with E-state index in [1.807, 2.05) is 0 Å². The van der Waals surface area contributed by atoms with Crippen LogP contribution < -0.4 is 0 Å². The number of nitro groups is 1. The summed E-state index contributed by atoms with van der Waals surface area (Å²) in [6.45, 7) is 3.50. The van der Waals surface area contributed by atoms with Crippen LogP contribution in [0, 0.1) is 10.1 Å². The summed E-state index contributed by atoms with van der Waals surface area (Å²) >= 11 is 0. The Hall–Kier alpha value is -2.17. The molecule has 5 nitrogen and oxygen atoms in total. The maximum Gasteiger partial charge on any atom is 0.331 e. The molecule has 0 saturated heterocycles. The highest BCUT2D eigenvalue weighted by Crippen LogP contribution is 2.14. The number of nitrogens with zero attached hydrogens (tertiary/aromatic N) is 1. The van der Waals surface area contributed by atoms with Crippen molar-refractivity contribution in [2.45, 2.75) is 20.0 Å². The van der Waals surface area contributed by atoms with Gasteiger partial charge in [0.15, 0.2) is 0 Å². The lowest BCUT2D eigenvalue weighted by atomic mass is 10.2. The first-order chi connectivity index (χ1) is 7.99. The van der Waals surface area contributed by atoms with E-state index in [0.29, 0.717) is 5.56 Å². The number of nitro benzene ring substituents is 1. The third-order valence-electron chi connectivity index (χ3n) is 1.84. The van der Waals surface area contributed by atoms with Gasteiger partial charge in [-0.2, -0.15) is 0 Å². The van der Waals surface area contributed by atoms with Crippen LogP contribution in [0.25, 0.3) is 6.08 Å². The van der Waals surface area contributed by atoms with Gasteiger partial charge in [-0.25, -0.2) is 4.79 Å². The molecule has 0 amide bonds. The van der Waals surface area contributed by atoms with Crippen LogP contribution in [0.5, 0.6) is 0 Å². The van der Waals surface area contributed by atoms with Gasteiger partial charge in [0.25, 0.3) is 5.69 Å². The summed E-state index contributed by atoms with van der Waals surface area (Å²) in [5.74, 6) is -0.466. The summed E-state index contributed by atoms with van der Waals surface area (Å²) in [5.41, 5.74) is 0.573. The van der Waals surface area contributed by atoms with E-state index in [1.54, 1.807) is 26.0 Å². The van der Waals surface area contributed by atoms with Gasteiger partial charge in [0.05, 0.1) is 11.0 Å². The Labute approximate surface area is 98.9 Å². The van der Waals surface area contributed by atoms with Crippen molar-refractivity contribution < 1.29 is 14.5 Å². The first kappa shape index (κ1) is 12.9. The van der Waals surface area contributed by atoms with Gasteiger partial charge in [-0.15, -0.1) is 0 Å². The Kier molecular flexibility index (Phi) is 4.39. The van der Waals surface area contributed by atoms with Crippen molar-refractivity contribution in [1.82, 2.24) is 0 Å². The van der Waals surface area contributed by atoms with E-state index in [9.17, 15) is 14.9 Å². The summed E-state index contributed by atoms with van der Waals surface area (Å²) in [7, 11) is 0. The Morgan fingerprint density at radius 1 is 1.47 bits per heavy atom. The zero-order valence-electron chi connectivity index (χ0n) is 9.62. The lowest BCUT2D eigenvalue weighted by Gasteiger charge is -2.03. The number of hydrogen-bond acceptors (Lipinski definition) is 4. The van der Waals surface area contributed by atoms with Gasteiger partial charge < -0.3 is 4.74 Å². The first-order valence-corrected chi connectivity index (χ1v) is 5.12. The predicted molar refractivity (Wildman–Crippen MR) is 63.4 cm³/mol. The Morgan fingerprint density at radius 3 is 2.76 bits per heavy atom. The molecule has 0 aliphatic rings. The second-order valence-electron chi connectivity index (χ2n) is 3.67. The zero-order valence-corrected chi connectivity index (χ0v) is 9.62. The van der Waals surface area contributed by atoms with E-state index < -0.39 is 10.9 Å². The molecule has 0 unspecified atom stereocenters. The molecule has 90 valence electrons. The lowest BCUT2D eigenvalue weighted by molar-refractivity contribution is -0.384. The molecule has 0 aliphatic carbocycles. The molecular formula is C12H13NO4. The van der Waals surface area contributed by atoms with Gasteiger partial charge in [0.1, 0.15) is 0 Å². The third-order valence-corrected chi connectivity index (χ3v) is 1.84. The van der Waals surface area contributed by atoms with Crippen molar-refractivity contribution in [3.63, 3.8) is 0 Å². The normalized spacial score (nSPS) is 10.8. The van der Waals surface area contributed by atoms with Gasteiger partial charge in [-0.05, 0) is 25.5 Å². The van der Waals surface area contributed by atoms with E-state index in [1.165, 1.54) is 24.3 Å². The minimum atomic E-state index is -0.482. The van der Waals surface area contributed by atoms with E-state index in [2.05, 4.69) is 0 Å². The highest BCUT2D eigenvalue weighted by molar-refractivity contribution is 5.87. The molecule has 0 radical (unpaired) electrons. The van der Waals surface area contributed by atoms with E-state index in [4.69, 9.17) is 4.74 Å². The highest BCUT2D eigenvalue weighted by atomic mass is 16.6. The van der Waals surface area contributed by atoms with Crippen LogP contribution in [0.1, 0.15) is 19.4 Å². The first-order valence-electron chi connectivity index (χ1n) is 5.12. The largest absolute Gasteiger partial charge is 0.460 e. The summed E-state index contributed by atoms with van der Waals surface area (Å²) < 4.78 is 4.89. The van der Waals surface area contributed by atoms with E-state index >= 15 is 0 Å². The summed E-state index contributed by atoms with van der Waals surface area (Å²) in [6, 6.07) is 6.01. The highest BCUT2D eigenvalue weighted by Gasteiger charge is 2.04. The number of ether oxygens (including phenoxy) is 1. The van der Waals surface area contributed by atoms with Gasteiger partial charge in [-0.3, -0.25) is 10.1 Å². The SMILES string of the molecule is CC(C)OC(=O)C=Cc1cccc([N+](=O)[O-])c1. The smallest absolute Gasteiger partial charge is 0.331 e. The molecule has 5 heteroatoms. The van der Waals surface area contributed by atoms with E-state index in [0.717, 1.165) is 0 Å². The number of non-ortho nitro benzene ring substituents is 1. The fraction of sp³-hybridized carbons (Fsp3) is 0.250. The minimum absolute atomic E-state index is 0.00984. The van der Waals surface area contributed by atoms with Crippen LogP contribution in [0.15, 0.2) is 30.3 Å². The number of benzene rings is 1. The predicted octanol–water partition coefficient (Wildman–Crippen LogP) is 2.56. The third kappa shape index (κ3) is 4.46. The molecule has 17 heavy (non-hydrogen) atoms. The molecule has 0 saturated carbocycles. The van der Waals surface area contributed by atoms with Crippen molar-refractivity contribution in [3.8, 4) is 0 Å². The summed E-state index contributed by atoms with van der Waals surface area (Å²) in [5, 5.41) is 10.5. The molecule has 0 spiro atoms. The monoisotopic (exact) mass is 235 g/mol. The number of hydrogen-bond donors (Lipinski definition) is 0. The molecule has 0 N–H and O–H groups in total. The van der Waals surface area contributed by atoms with Crippen molar-refractivity contribution in [1.29, 1.82) is 0 Å². The van der Waals surface area contributed by atoms with Gasteiger partial charge >= 0.3 is 5.97 Å². The fourth-order valence-corrected chi connectivity index (χ4v) is 1.18. The van der Waals surface area contributed by atoms with Crippen LogP contribution in [0.4, 0.5) is 5.69 Å². The summed E-state index contributed by atoms with van der Waals surface area (Å²) in [4.78, 5) is 21.2. The van der Waals surface area contributed by atoms with Crippen LogP contribution in [-0.2, 0) is 9.53 Å². The molecule has 1 aromatic carbocycles. The van der Waals surface area contributed by atoms with Crippen molar-refractivity contribution in [2.75, 3.05) is 0 Å². The number of rotatable bonds is 4. The van der Waals surface area contributed by atoms with E-state index in [-0.39, 0.29) is 11.8 Å². The summed E-state index contributed by atoms with van der Waals surface area (Å²) in [6.07, 6.45) is 2.55. The molecule has 1 rings (SSSR count). The van der Waals surface area contributed by atoms with Crippen molar-refractivity contribution >= 4 is 17.7 Å². The molecule has 0 aliphatic heterocycles. The number of carbonyl (C=O) groups excluding carboxylic acids is 1. The zero-order chi connectivity index (χ0) is 12.8. The quantitative estimate of drug-likeness (QED) is 0.348. The fourth-order valence-electron chi connectivity index (χ4n) is 1.18. The molecule has 0 atom stereocenters. The lowest BCUT2D eigenvalue weighted by Crippen LogP contribution is -2.08. The van der Waals surface area contributed by atoms with Crippen molar-refractivity contribution in [3.05, 3.63) is 46.0 Å². The number of carbonyl (C=O) groups is 1. The Balaban J connectivity index is 2.74. The standard InChI is InChI=1S/C12H13NO4/c1-9(2)17-12(14)7-6-10-4-3-5-11(8-10)13(15)16/h3-9H,1-2H3. The van der Waals surface area contributed by atoms with Gasteiger partial charge in [0, 0.05) is 18.2 Å². The average Bonchev–Trinajstić information content (AvgIpc) is 2.26. The minimum Gasteiger partial charge on any atom is -0.460 e. The molecule has 0 aromatic heterocycles. The van der Waals surface area contributed by atoms with Gasteiger partial charge in [-0.1, -0.05) is 12.1 Å². The Bertz CT molecular complexity index is 452. The second-order valence-corrected chi connectivity index (χ2v) is 3.67. The van der Waals surface area contributed by atoms with Crippen LogP contribution in [-0.4, -0.2) is 17.0 Å². The van der Waals surface area contributed by atoms with Gasteiger partial charge in [0.2, 0.25) is 0 Å². The van der Waals surface area contributed by atoms with Crippen LogP contribution in [0.2, 0.25) is 0 Å². The molecule has 1 aromatic rings. The Morgan fingerprint density at radius 2 is 2.18 bits per heavy atom. The van der Waals surface area contributed by atoms with Crippen molar-refractivity contribution in [2.24, 2.45) is 0 Å². The molecule has 0 fully saturated rings. The molecular weight excluding hydrogens is 222 g/mol.